The molecule has 0 amide bonds. The van der Waals surface area contributed by atoms with Crippen molar-refractivity contribution >= 4 is 61.9 Å². The van der Waals surface area contributed by atoms with Gasteiger partial charge >= 0.3 is 5.97 Å². The number of benzene rings is 3. The van der Waals surface area contributed by atoms with Crippen molar-refractivity contribution in [3.8, 4) is 0 Å². The molecule has 0 saturated carbocycles. The number of hydrogen-bond donors (Lipinski definition) is 2. The molecule has 5 nitrogen and oxygen atoms in total. The first-order valence-corrected chi connectivity index (χ1v) is 10.5. The Balaban J connectivity index is 1.79. The number of thiocarbonyl (C=S) groups is 1. The molecule has 0 aliphatic rings. The maximum absolute atomic E-state index is 11.2. The van der Waals surface area contributed by atoms with E-state index < -0.39 is 11.9 Å². The molecule has 0 spiro atoms. The van der Waals surface area contributed by atoms with E-state index in [1.165, 1.54) is 11.3 Å². The second-order valence-corrected chi connectivity index (χ2v) is 8.18. The van der Waals surface area contributed by atoms with Crippen LogP contribution in [-0.2, 0) is 4.79 Å². The van der Waals surface area contributed by atoms with Gasteiger partial charge in [0.05, 0.1) is 22.6 Å². The fourth-order valence-electron chi connectivity index (χ4n) is 3.28. The highest BCUT2D eigenvalue weighted by Crippen LogP contribution is 2.38. The molecular formula is C23H18N2O3S2. The Morgan fingerprint density at radius 1 is 0.933 bits per heavy atom. The van der Waals surface area contributed by atoms with Gasteiger partial charge in [0.2, 0.25) is 0 Å². The van der Waals surface area contributed by atoms with Crippen molar-refractivity contribution in [2.24, 2.45) is 0 Å². The summed E-state index contributed by atoms with van der Waals surface area (Å²) in [6.07, 6.45) is -0.290. The van der Waals surface area contributed by atoms with Crippen molar-refractivity contribution in [1.82, 2.24) is 4.98 Å². The number of thiazole rings is 1. The van der Waals surface area contributed by atoms with Crippen molar-refractivity contribution in [2.45, 2.75) is 12.3 Å². The van der Waals surface area contributed by atoms with Crippen LogP contribution in [0, 0.1) is 0 Å². The van der Waals surface area contributed by atoms with Gasteiger partial charge in [0.1, 0.15) is 5.01 Å². The number of carboxylic acid groups (broad SMARTS) is 1. The minimum absolute atomic E-state index is 0.290. The van der Waals surface area contributed by atoms with Crippen LogP contribution < -0.4 is 4.90 Å². The fourth-order valence-corrected chi connectivity index (χ4v) is 4.65. The first kappa shape index (κ1) is 20.0. The smallest absolute Gasteiger partial charge is 0.304 e. The lowest BCUT2D eigenvalue weighted by atomic mass is 10.1. The molecule has 1 aromatic heterocycles. The SMILES string of the molecule is O=C(O)CC(C(O)=S)c1nc2ccc(N(c3ccccc3)c3ccccc3)cc2s1. The Kier molecular flexibility index (Phi) is 5.74. The zero-order valence-corrected chi connectivity index (χ0v) is 17.4. The molecule has 0 aliphatic carbocycles. The summed E-state index contributed by atoms with van der Waals surface area (Å²) in [5.41, 5.74) is 3.74. The number of hydrogen-bond acceptors (Lipinski definition) is 5. The molecule has 3 aromatic carbocycles. The predicted octanol–water partition coefficient (Wildman–Crippen LogP) is 6.21. The van der Waals surface area contributed by atoms with Gasteiger partial charge in [-0.1, -0.05) is 36.4 Å². The molecule has 4 aromatic rings. The van der Waals surface area contributed by atoms with Gasteiger partial charge in [-0.05, 0) is 54.7 Å². The van der Waals surface area contributed by atoms with E-state index in [1.807, 2.05) is 78.9 Å². The predicted molar refractivity (Wildman–Crippen MR) is 125 cm³/mol. The van der Waals surface area contributed by atoms with Crippen molar-refractivity contribution in [2.75, 3.05) is 4.90 Å². The van der Waals surface area contributed by atoms with Crippen molar-refractivity contribution in [1.29, 1.82) is 0 Å². The summed E-state index contributed by atoms with van der Waals surface area (Å²) in [5.74, 6) is -1.83. The van der Waals surface area contributed by atoms with Gasteiger partial charge in [-0.15, -0.1) is 11.3 Å². The Labute approximate surface area is 182 Å². The molecule has 0 radical (unpaired) electrons. The summed E-state index contributed by atoms with van der Waals surface area (Å²) in [6.45, 7) is 0. The number of aromatic nitrogens is 1. The summed E-state index contributed by atoms with van der Waals surface area (Å²) >= 11 is 6.22. The molecule has 0 fully saturated rings. The van der Waals surface area contributed by atoms with E-state index >= 15 is 0 Å². The van der Waals surface area contributed by atoms with E-state index in [9.17, 15) is 9.90 Å². The number of carboxylic acids is 1. The second kappa shape index (κ2) is 8.61. The van der Waals surface area contributed by atoms with Gasteiger partial charge in [0, 0.05) is 17.1 Å². The molecule has 1 unspecified atom stereocenters. The summed E-state index contributed by atoms with van der Waals surface area (Å²) in [7, 11) is 0. The number of aliphatic hydroxyl groups excluding tert-OH is 1. The van der Waals surface area contributed by atoms with Crippen molar-refractivity contribution in [3.63, 3.8) is 0 Å². The summed E-state index contributed by atoms with van der Waals surface area (Å²) in [4.78, 5) is 17.8. The zero-order valence-electron chi connectivity index (χ0n) is 15.8. The van der Waals surface area contributed by atoms with E-state index in [1.54, 1.807) is 0 Å². The third kappa shape index (κ3) is 4.17. The van der Waals surface area contributed by atoms with Crippen LogP contribution in [0.2, 0.25) is 0 Å². The molecule has 0 bridgehead atoms. The zero-order chi connectivity index (χ0) is 21.1. The number of fused-ring (bicyclic) bond motifs is 1. The van der Waals surface area contributed by atoms with Crippen molar-refractivity contribution < 1.29 is 15.0 Å². The molecule has 1 heterocycles. The lowest BCUT2D eigenvalue weighted by Crippen LogP contribution is -2.14. The van der Waals surface area contributed by atoms with Gasteiger partial charge < -0.3 is 15.1 Å². The quantitative estimate of drug-likeness (QED) is 0.337. The average molecular weight is 435 g/mol. The third-order valence-corrected chi connectivity index (χ3v) is 6.07. The Morgan fingerprint density at radius 2 is 1.53 bits per heavy atom. The molecule has 7 heteroatoms. The molecule has 4 rings (SSSR count). The summed E-state index contributed by atoms with van der Waals surface area (Å²) in [5, 5.41) is 19.1. The maximum Gasteiger partial charge on any atom is 0.304 e. The van der Waals surface area contributed by atoms with Crippen LogP contribution in [0.5, 0.6) is 0 Å². The minimum atomic E-state index is -1.03. The lowest BCUT2D eigenvalue weighted by Gasteiger charge is -2.25. The number of para-hydroxylation sites is 2. The van der Waals surface area contributed by atoms with Gasteiger partial charge in [0.15, 0.2) is 5.05 Å². The van der Waals surface area contributed by atoms with Crippen LogP contribution in [0.15, 0.2) is 78.9 Å². The highest BCUT2D eigenvalue weighted by Gasteiger charge is 2.24. The molecule has 2 N–H and O–H groups in total. The standard InChI is InChI=1S/C23H18N2O3S2/c26-21(27)14-18(23(28)29)22-24-19-12-11-17(13-20(19)30-22)25(15-7-3-1-4-8-15)16-9-5-2-6-10-16/h1-13,18H,14H2,(H,26,27)(H,28,29). The number of rotatable bonds is 7. The molecule has 150 valence electrons. The maximum atomic E-state index is 11.2. The van der Waals surface area contributed by atoms with Crippen LogP contribution in [0.25, 0.3) is 10.2 Å². The van der Waals surface area contributed by atoms with Crippen LogP contribution >= 0.6 is 23.6 Å². The van der Waals surface area contributed by atoms with Crippen LogP contribution in [0.1, 0.15) is 17.3 Å². The molecule has 1 atom stereocenters. The number of aliphatic carboxylic acids is 1. The average Bonchev–Trinajstić information content (AvgIpc) is 3.16. The fraction of sp³-hybridized carbons (Fsp3) is 0.0870. The molecular weight excluding hydrogens is 416 g/mol. The summed E-state index contributed by atoms with van der Waals surface area (Å²) in [6, 6.07) is 26.0. The Hall–Kier alpha value is -3.29. The molecule has 0 saturated heterocycles. The highest BCUT2D eigenvalue weighted by atomic mass is 32.1. The van der Waals surface area contributed by atoms with E-state index in [0.717, 1.165) is 27.3 Å². The molecule has 0 aliphatic heterocycles. The topological polar surface area (TPSA) is 73.7 Å². The number of carbonyl (C=O) groups is 1. The van der Waals surface area contributed by atoms with Crippen LogP contribution in [0.3, 0.4) is 0 Å². The number of nitrogens with zero attached hydrogens (tertiary/aromatic N) is 2. The van der Waals surface area contributed by atoms with Gasteiger partial charge in [-0.3, -0.25) is 4.79 Å². The van der Waals surface area contributed by atoms with Gasteiger partial charge in [-0.2, -0.15) is 0 Å². The lowest BCUT2D eigenvalue weighted by molar-refractivity contribution is -0.137. The van der Waals surface area contributed by atoms with Gasteiger partial charge in [0.25, 0.3) is 0 Å². The number of anilines is 3. The van der Waals surface area contributed by atoms with E-state index in [0.29, 0.717) is 5.01 Å². The van der Waals surface area contributed by atoms with Crippen molar-refractivity contribution in [3.05, 3.63) is 83.9 Å². The first-order chi connectivity index (χ1) is 14.5. The van der Waals surface area contributed by atoms with Gasteiger partial charge in [-0.25, -0.2) is 4.98 Å². The van der Waals surface area contributed by atoms with Crippen LogP contribution in [-0.4, -0.2) is 26.2 Å². The first-order valence-electron chi connectivity index (χ1n) is 9.28. The number of aliphatic hydroxyl groups is 1. The summed E-state index contributed by atoms with van der Waals surface area (Å²) < 4.78 is 0.894. The Morgan fingerprint density at radius 3 is 2.07 bits per heavy atom. The largest absolute Gasteiger partial charge is 0.501 e. The van der Waals surface area contributed by atoms with Crippen LogP contribution in [0.4, 0.5) is 17.1 Å². The minimum Gasteiger partial charge on any atom is -0.501 e. The van der Waals surface area contributed by atoms with E-state index in [-0.39, 0.29) is 11.5 Å². The van der Waals surface area contributed by atoms with E-state index in [2.05, 4.69) is 9.88 Å². The second-order valence-electron chi connectivity index (χ2n) is 6.70. The monoisotopic (exact) mass is 434 g/mol. The van der Waals surface area contributed by atoms with E-state index in [4.69, 9.17) is 17.3 Å². The highest BCUT2D eigenvalue weighted by molar-refractivity contribution is 7.80. The Bertz CT molecular complexity index is 1150. The normalized spacial score (nSPS) is 11.9. The molecule has 30 heavy (non-hydrogen) atoms. The third-order valence-electron chi connectivity index (χ3n) is 4.65.